The summed E-state index contributed by atoms with van der Waals surface area (Å²) in [6, 6.07) is 8.69. The van der Waals surface area contributed by atoms with Crippen LogP contribution in [0.1, 0.15) is 34.0 Å². The first-order valence-electron chi connectivity index (χ1n) is 9.41. The molecule has 0 radical (unpaired) electrons. The fourth-order valence-corrected chi connectivity index (χ4v) is 3.35. The van der Waals surface area contributed by atoms with Crippen LogP contribution in [0.4, 0.5) is 32.0 Å². The number of carbonyl (C=O) groups excluding carboxylic acids is 1. The Morgan fingerprint density at radius 2 is 1.33 bits per heavy atom. The Balaban J connectivity index is 1.76. The summed E-state index contributed by atoms with van der Waals surface area (Å²) in [5.41, 5.74) is -1.26. The minimum atomic E-state index is -4.89. The van der Waals surface area contributed by atoms with Gasteiger partial charge in [-0.3, -0.25) is 4.79 Å². The predicted octanol–water partition coefficient (Wildman–Crippen LogP) is 5.25. The third kappa shape index (κ3) is 4.88. The second kappa shape index (κ2) is 8.20. The number of hydrogen-bond acceptors (Lipinski definition) is 2. The number of benzene rings is 2. The minimum Gasteiger partial charge on any atom is -0.368 e. The zero-order valence-electron chi connectivity index (χ0n) is 16.1. The molecule has 2 aromatic rings. The smallest absolute Gasteiger partial charge is 0.368 e. The number of piperazine rings is 1. The highest BCUT2D eigenvalue weighted by Gasteiger charge is 2.37. The molecule has 0 N–H and O–H groups in total. The Morgan fingerprint density at radius 1 is 0.833 bits per heavy atom. The number of hydrogen-bond donors (Lipinski definition) is 0. The van der Waals surface area contributed by atoms with E-state index in [4.69, 9.17) is 0 Å². The lowest BCUT2D eigenvalue weighted by Gasteiger charge is -2.36. The van der Waals surface area contributed by atoms with Gasteiger partial charge in [-0.1, -0.05) is 19.1 Å². The number of amides is 1. The van der Waals surface area contributed by atoms with Crippen molar-refractivity contribution in [2.75, 3.05) is 31.1 Å². The van der Waals surface area contributed by atoms with Gasteiger partial charge in [-0.15, -0.1) is 0 Å². The third-order valence-corrected chi connectivity index (χ3v) is 5.11. The zero-order chi connectivity index (χ0) is 22.1. The van der Waals surface area contributed by atoms with Gasteiger partial charge in [-0.25, -0.2) is 0 Å². The molecule has 1 heterocycles. The SMILES string of the molecule is CCc1ccc(C(=O)N2CCN(c3cc(C(F)(F)F)cc(C(F)(F)F)c3)CC2)cc1. The van der Waals surface area contributed by atoms with Gasteiger partial charge in [0.1, 0.15) is 0 Å². The van der Waals surface area contributed by atoms with Crippen LogP contribution >= 0.6 is 0 Å². The Morgan fingerprint density at radius 3 is 1.77 bits per heavy atom. The number of carbonyl (C=O) groups is 1. The summed E-state index contributed by atoms with van der Waals surface area (Å²) < 4.78 is 78.4. The molecule has 0 saturated carbocycles. The number of halogens is 6. The van der Waals surface area contributed by atoms with Crippen LogP contribution in [-0.2, 0) is 18.8 Å². The fourth-order valence-electron chi connectivity index (χ4n) is 3.35. The first-order chi connectivity index (χ1) is 14.0. The molecule has 1 aliphatic rings. The van der Waals surface area contributed by atoms with Crippen molar-refractivity contribution in [3.63, 3.8) is 0 Å². The zero-order valence-corrected chi connectivity index (χ0v) is 16.1. The monoisotopic (exact) mass is 430 g/mol. The van der Waals surface area contributed by atoms with E-state index in [1.165, 1.54) is 4.90 Å². The number of alkyl halides is 6. The summed E-state index contributed by atoms with van der Waals surface area (Å²) in [5.74, 6) is -0.211. The van der Waals surface area contributed by atoms with E-state index < -0.39 is 23.5 Å². The predicted molar refractivity (Wildman–Crippen MR) is 100 cm³/mol. The molecular weight excluding hydrogens is 410 g/mol. The topological polar surface area (TPSA) is 23.6 Å². The van der Waals surface area contributed by atoms with E-state index in [-0.39, 0.29) is 43.8 Å². The summed E-state index contributed by atoms with van der Waals surface area (Å²) in [7, 11) is 0. The fraction of sp³-hybridized carbons (Fsp3) is 0.381. The van der Waals surface area contributed by atoms with Crippen LogP contribution in [0.2, 0.25) is 0 Å². The van der Waals surface area contributed by atoms with Gasteiger partial charge < -0.3 is 9.80 Å². The van der Waals surface area contributed by atoms with Crippen molar-refractivity contribution >= 4 is 11.6 Å². The molecule has 1 fully saturated rings. The Bertz CT molecular complexity index is 865. The van der Waals surface area contributed by atoms with Gasteiger partial charge in [0.15, 0.2) is 0 Å². The lowest BCUT2D eigenvalue weighted by molar-refractivity contribution is -0.143. The van der Waals surface area contributed by atoms with Crippen molar-refractivity contribution in [2.45, 2.75) is 25.7 Å². The standard InChI is InChI=1S/C21H20F6N2O/c1-2-14-3-5-15(6-4-14)19(30)29-9-7-28(8-10-29)18-12-16(20(22,23)24)11-17(13-18)21(25,26)27/h3-6,11-13H,2,7-10H2,1H3. The van der Waals surface area contributed by atoms with E-state index in [9.17, 15) is 31.1 Å². The molecule has 0 atom stereocenters. The van der Waals surface area contributed by atoms with Crippen LogP contribution in [-0.4, -0.2) is 37.0 Å². The molecule has 1 amide bonds. The van der Waals surface area contributed by atoms with E-state index in [2.05, 4.69) is 0 Å². The average molecular weight is 430 g/mol. The number of rotatable bonds is 3. The summed E-state index contributed by atoms with van der Waals surface area (Å²) in [5, 5.41) is 0. The maximum Gasteiger partial charge on any atom is 0.416 e. The maximum absolute atomic E-state index is 13.1. The molecule has 3 nitrogen and oxygen atoms in total. The van der Waals surface area contributed by atoms with E-state index in [1.807, 2.05) is 19.1 Å². The van der Waals surface area contributed by atoms with E-state index >= 15 is 0 Å². The highest BCUT2D eigenvalue weighted by atomic mass is 19.4. The van der Waals surface area contributed by atoms with Crippen LogP contribution < -0.4 is 4.90 Å². The molecule has 30 heavy (non-hydrogen) atoms. The van der Waals surface area contributed by atoms with E-state index in [1.54, 1.807) is 17.0 Å². The molecule has 2 aromatic carbocycles. The summed E-state index contributed by atoms with van der Waals surface area (Å²) >= 11 is 0. The van der Waals surface area contributed by atoms with Crippen molar-refractivity contribution in [1.82, 2.24) is 4.90 Å². The normalized spacial score (nSPS) is 15.4. The highest BCUT2D eigenvalue weighted by Crippen LogP contribution is 2.38. The average Bonchev–Trinajstić information content (AvgIpc) is 2.72. The molecular formula is C21H20F6N2O. The first-order valence-corrected chi connectivity index (χ1v) is 9.41. The molecule has 0 spiro atoms. The molecule has 1 saturated heterocycles. The van der Waals surface area contributed by atoms with Gasteiger partial charge in [0.05, 0.1) is 11.1 Å². The van der Waals surface area contributed by atoms with Gasteiger partial charge in [0.2, 0.25) is 0 Å². The number of nitrogens with zero attached hydrogens (tertiary/aromatic N) is 2. The van der Waals surface area contributed by atoms with Crippen molar-refractivity contribution in [3.8, 4) is 0 Å². The first kappa shape index (κ1) is 22.0. The van der Waals surface area contributed by atoms with E-state index in [0.717, 1.165) is 24.1 Å². The molecule has 0 aliphatic carbocycles. The molecule has 9 heteroatoms. The molecule has 0 aromatic heterocycles. The van der Waals surface area contributed by atoms with Gasteiger partial charge in [0, 0.05) is 37.4 Å². The van der Waals surface area contributed by atoms with Crippen LogP contribution in [0.3, 0.4) is 0 Å². The number of anilines is 1. The minimum absolute atomic E-state index is 0.114. The second-order valence-corrected chi connectivity index (χ2v) is 7.09. The Labute approximate surface area is 169 Å². The van der Waals surface area contributed by atoms with Gasteiger partial charge in [-0.2, -0.15) is 26.3 Å². The maximum atomic E-state index is 13.1. The number of aryl methyl sites for hydroxylation is 1. The van der Waals surface area contributed by atoms with Crippen LogP contribution in [0.25, 0.3) is 0 Å². The summed E-state index contributed by atoms with van der Waals surface area (Å²) in [4.78, 5) is 15.6. The van der Waals surface area contributed by atoms with E-state index in [0.29, 0.717) is 5.56 Å². The van der Waals surface area contributed by atoms with Crippen LogP contribution in [0, 0.1) is 0 Å². The largest absolute Gasteiger partial charge is 0.416 e. The molecule has 0 unspecified atom stereocenters. The van der Waals surface area contributed by atoms with Gasteiger partial charge >= 0.3 is 12.4 Å². The van der Waals surface area contributed by atoms with Crippen molar-refractivity contribution in [2.24, 2.45) is 0 Å². The second-order valence-electron chi connectivity index (χ2n) is 7.09. The molecule has 3 rings (SSSR count). The summed E-state index contributed by atoms with van der Waals surface area (Å²) in [6.45, 7) is 2.67. The van der Waals surface area contributed by atoms with Crippen molar-refractivity contribution < 1.29 is 31.1 Å². The lowest BCUT2D eigenvalue weighted by Crippen LogP contribution is -2.48. The third-order valence-electron chi connectivity index (χ3n) is 5.11. The molecule has 0 bridgehead atoms. The Hall–Kier alpha value is -2.71. The molecule has 162 valence electrons. The summed E-state index contributed by atoms with van der Waals surface area (Å²) in [6.07, 6.45) is -8.94. The van der Waals surface area contributed by atoms with Crippen molar-refractivity contribution in [1.29, 1.82) is 0 Å². The Kier molecular flexibility index (Phi) is 6.01. The van der Waals surface area contributed by atoms with Crippen molar-refractivity contribution in [3.05, 3.63) is 64.7 Å². The van der Waals surface area contributed by atoms with Crippen LogP contribution in [0.15, 0.2) is 42.5 Å². The quantitative estimate of drug-likeness (QED) is 0.621. The lowest BCUT2D eigenvalue weighted by atomic mass is 10.1. The highest BCUT2D eigenvalue weighted by molar-refractivity contribution is 5.94. The molecule has 1 aliphatic heterocycles. The van der Waals surface area contributed by atoms with Gasteiger partial charge in [0.25, 0.3) is 5.91 Å². The van der Waals surface area contributed by atoms with Crippen LogP contribution in [0.5, 0.6) is 0 Å². The van der Waals surface area contributed by atoms with Gasteiger partial charge in [-0.05, 0) is 42.3 Å².